The van der Waals surface area contributed by atoms with Crippen LogP contribution in [0.3, 0.4) is 0 Å². The molecule has 3 N–H and O–H groups in total. The maximum atomic E-state index is 5.29. The number of nitrogens with zero attached hydrogens (tertiary/aromatic N) is 3. The van der Waals surface area contributed by atoms with E-state index in [1.54, 1.807) is 13.3 Å². The number of hydrogen-bond acceptors (Lipinski definition) is 4. The maximum Gasteiger partial charge on any atom is 0.216 e. The minimum Gasteiger partial charge on any atom is -0.461 e. The molecule has 0 atom stereocenters. The van der Waals surface area contributed by atoms with Crippen molar-refractivity contribution < 1.29 is 4.42 Å². The molecule has 7 heteroatoms. The Balaban J connectivity index is 1.56. The lowest BCUT2D eigenvalue weighted by molar-refractivity contribution is 0.577. The summed E-state index contributed by atoms with van der Waals surface area (Å²) in [6, 6.07) is 3.68. The zero-order valence-corrected chi connectivity index (χ0v) is 16.1. The summed E-state index contributed by atoms with van der Waals surface area (Å²) < 4.78 is 5.29. The van der Waals surface area contributed by atoms with Crippen LogP contribution in [0.5, 0.6) is 0 Å². The number of H-pyrrole nitrogens is 1. The molecule has 0 aliphatic carbocycles. The van der Waals surface area contributed by atoms with Gasteiger partial charge in [-0.1, -0.05) is 45.4 Å². The van der Waals surface area contributed by atoms with E-state index < -0.39 is 0 Å². The van der Waals surface area contributed by atoms with Gasteiger partial charge in [0, 0.05) is 26.6 Å². The molecule has 2 rings (SSSR count). The lowest BCUT2D eigenvalue weighted by atomic mass is 10.1. The van der Waals surface area contributed by atoms with Crippen LogP contribution >= 0.6 is 0 Å². The first-order valence-electron chi connectivity index (χ1n) is 9.73. The van der Waals surface area contributed by atoms with E-state index in [2.05, 4.69) is 37.7 Å². The highest BCUT2D eigenvalue weighted by Gasteiger charge is 2.08. The molecule has 144 valence electrons. The van der Waals surface area contributed by atoms with Crippen molar-refractivity contribution >= 4 is 5.96 Å². The normalized spacial score (nSPS) is 11.7. The first-order chi connectivity index (χ1) is 12.8. The second-order valence-corrected chi connectivity index (χ2v) is 6.38. The number of furan rings is 1. The van der Waals surface area contributed by atoms with E-state index in [-0.39, 0.29) is 0 Å². The fourth-order valence-electron chi connectivity index (χ4n) is 2.73. The molecule has 0 aliphatic rings. The van der Waals surface area contributed by atoms with Gasteiger partial charge in [0.05, 0.1) is 6.26 Å². The van der Waals surface area contributed by atoms with E-state index in [4.69, 9.17) is 4.42 Å². The van der Waals surface area contributed by atoms with Crippen molar-refractivity contribution in [2.75, 3.05) is 20.1 Å². The Morgan fingerprint density at radius 1 is 1.12 bits per heavy atom. The Kier molecular flexibility index (Phi) is 9.32. The lowest BCUT2D eigenvalue weighted by Crippen LogP contribution is -2.38. The molecule has 26 heavy (non-hydrogen) atoms. The summed E-state index contributed by atoms with van der Waals surface area (Å²) in [6.07, 6.45) is 11.6. The van der Waals surface area contributed by atoms with Gasteiger partial charge in [0.15, 0.2) is 11.7 Å². The average Bonchev–Trinajstić information content (AvgIpc) is 3.34. The maximum absolute atomic E-state index is 5.29. The molecular weight excluding hydrogens is 328 g/mol. The van der Waals surface area contributed by atoms with Crippen LogP contribution in [-0.2, 0) is 6.42 Å². The number of aromatic nitrogens is 3. The van der Waals surface area contributed by atoms with Gasteiger partial charge in [-0.3, -0.25) is 10.1 Å². The molecule has 0 aromatic carbocycles. The molecule has 0 amide bonds. The van der Waals surface area contributed by atoms with Gasteiger partial charge in [0.1, 0.15) is 5.82 Å². The van der Waals surface area contributed by atoms with Crippen LogP contribution in [0, 0.1) is 0 Å². The molecule has 0 bridgehead atoms. The number of guanidine groups is 1. The van der Waals surface area contributed by atoms with Gasteiger partial charge < -0.3 is 15.1 Å². The molecule has 0 saturated carbocycles. The van der Waals surface area contributed by atoms with E-state index in [1.165, 1.54) is 44.9 Å². The van der Waals surface area contributed by atoms with Crippen molar-refractivity contribution in [1.82, 2.24) is 25.8 Å². The third-order valence-corrected chi connectivity index (χ3v) is 4.22. The van der Waals surface area contributed by atoms with Crippen LogP contribution in [0.15, 0.2) is 27.8 Å². The van der Waals surface area contributed by atoms with Crippen molar-refractivity contribution in [3.63, 3.8) is 0 Å². The monoisotopic (exact) mass is 360 g/mol. The fourth-order valence-corrected chi connectivity index (χ4v) is 2.73. The highest BCUT2D eigenvalue weighted by atomic mass is 16.3. The number of unbranched alkanes of at least 4 members (excludes halogenated alkanes) is 6. The highest BCUT2D eigenvalue weighted by Crippen LogP contribution is 2.14. The zero-order chi connectivity index (χ0) is 18.5. The van der Waals surface area contributed by atoms with Crippen LogP contribution < -0.4 is 10.6 Å². The van der Waals surface area contributed by atoms with Crippen molar-refractivity contribution in [3.05, 3.63) is 24.2 Å². The third kappa shape index (κ3) is 7.29. The van der Waals surface area contributed by atoms with E-state index in [0.29, 0.717) is 11.6 Å². The van der Waals surface area contributed by atoms with Gasteiger partial charge in [0.2, 0.25) is 5.82 Å². The summed E-state index contributed by atoms with van der Waals surface area (Å²) in [4.78, 5) is 8.69. The predicted molar refractivity (Wildman–Crippen MR) is 105 cm³/mol. The Labute approximate surface area is 156 Å². The minimum absolute atomic E-state index is 0.589. The molecule has 0 radical (unpaired) electrons. The van der Waals surface area contributed by atoms with Crippen molar-refractivity contribution in [2.45, 2.75) is 58.3 Å². The van der Waals surface area contributed by atoms with E-state index in [9.17, 15) is 0 Å². The topological polar surface area (TPSA) is 91.1 Å². The fraction of sp³-hybridized carbons (Fsp3) is 0.632. The second-order valence-electron chi connectivity index (χ2n) is 6.38. The predicted octanol–water partition coefficient (Wildman–Crippen LogP) is 3.52. The highest BCUT2D eigenvalue weighted by molar-refractivity contribution is 5.79. The Bertz CT molecular complexity index is 620. The molecule has 0 aliphatic heterocycles. The van der Waals surface area contributed by atoms with E-state index in [0.717, 1.165) is 31.3 Å². The quantitative estimate of drug-likeness (QED) is 0.306. The van der Waals surface area contributed by atoms with Gasteiger partial charge in [-0.05, 0) is 18.6 Å². The largest absolute Gasteiger partial charge is 0.461 e. The van der Waals surface area contributed by atoms with Crippen LogP contribution in [0.4, 0.5) is 0 Å². The SMILES string of the molecule is CCCCCCCCCNC(=NC)NCCc1nc(-c2ccco2)n[nH]1. The van der Waals surface area contributed by atoms with Crippen LogP contribution in [-0.4, -0.2) is 41.3 Å². The van der Waals surface area contributed by atoms with Crippen LogP contribution in [0.25, 0.3) is 11.6 Å². The van der Waals surface area contributed by atoms with Crippen molar-refractivity contribution in [2.24, 2.45) is 4.99 Å². The van der Waals surface area contributed by atoms with E-state index in [1.807, 2.05) is 12.1 Å². The van der Waals surface area contributed by atoms with Crippen LogP contribution in [0.1, 0.15) is 57.7 Å². The first-order valence-corrected chi connectivity index (χ1v) is 9.73. The number of rotatable bonds is 12. The Morgan fingerprint density at radius 3 is 2.62 bits per heavy atom. The summed E-state index contributed by atoms with van der Waals surface area (Å²) in [5.74, 6) is 2.92. The molecule has 7 nitrogen and oxygen atoms in total. The van der Waals surface area contributed by atoms with Gasteiger partial charge in [-0.2, -0.15) is 5.10 Å². The lowest BCUT2D eigenvalue weighted by Gasteiger charge is -2.11. The van der Waals surface area contributed by atoms with Gasteiger partial charge in [-0.15, -0.1) is 0 Å². The Hall–Kier alpha value is -2.31. The van der Waals surface area contributed by atoms with E-state index >= 15 is 0 Å². The standard InChI is InChI=1S/C19H32N6O/c1-3-4-5-6-7-8-9-13-21-19(20-2)22-14-12-17-23-18(25-24-17)16-11-10-15-26-16/h10-11,15H,3-9,12-14H2,1-2H3,(H2,20,21,22)(H,23,24,25). The third-order valence-electron chi connectivity index (χ3n) is 4.22. The summed E-state index contributed by atoms with van der Waals surface area (Å²) >= 11 is 0. The molecule has 2 heterocycles. The second kappa shape index (κ2) is 12.1. The summed E-state index contributed by atoms with van der Waals surface area (Å²) in [7, 11) is 1.80. The summed E-state index contributed by atoms with van der Waals surface area (Å²) in [6.45, 7) is 3.95. The van der Waals surface area contributed by atoms with Crippen LogP contribution in [0.2, 0.25) is 0 Å². The molecule has 0 fully saturated rings. The average molecular weight is 361 g/mol. The number of nitrogens with one attached hydrogen (secondary N) is 3. The summed E-state index contributed by atoms with van der Waals surface area (Å²) in [5.41, 5.74) is 0. The molecule has 2 aromatic rings. The molecule has 0 saturated heterocycles. The number of aliphatic imine (C=N–C) groups is 1. The Morgan fingerprint density at radius 2 is 1.88 bits per heavy atom. The van der Waals surface area contributed by atoms with Gasteiger partial charge in [-0.25, -0.2) is 4.98 Å². The number of hydrogen-bond donors (Lipinski definition) is 3. The number of aromatic amines is 1. The minimum atomic E-state index is 0.589. The molecule has 2 aromatic heterocycles. The molecular formula is C19H32N6O. The van der Waals surface area contributed by atoms with Gasteiger partial charge in [0.25, 0.3) is 0 Å². The zero-order valence-electron chi connectivity index (χ0n) is 16.1. The smallest absolute Gasteiger partial charge is 0.216 e. The molecule has 0 spiro atoms. The molecule has 0 unspecified atom stereocenters. The first kappa shape index (κ1) is 20.0. The van der Waals surface area contributed by atoms with Crippen molar-refractivity contribution in [3.8, 4) is 11.6 Å². The van der Waals surface area contributed by atoms with Gasteiger partial charge >= 0.3 is 0 Å². The van der Waals surface area contributed by atoms with Crippen molar-refractivity contribution in [1.29, 1.82) is 0 Å². The summed E-state index contributed by atoms with van der Waals surface area (Å²) in [5, 5.41) is 13.8.